The van der Waals surface area contributed by atoms with Crippen molar-refractivity contribution in [3.63, 3.8) is 0 Å². The summed E-state index contributed by atoms with van der Waals surface area (Å²) in [5, 5.41) is 12.9. The van der Waals surface area contributed by atoms with Crippen LogP contribution in [0.25, 0.3) is 11.4 Å². The van der Waals surface area contributed by atoms with Gasteiger partial charge in [0.25, 0.3) is 0 Å². The van der Waals surface area contributed by atoms with Crippen molar-refractivity contribution in [2.45, 2.75) is 55.5 Å². The van der Waals surface area contributed by atoms with Gasteiger partial charge in [0.15, 0.2) is 5.82 Å². The summed E-state index contributed by atoms with van der Waals surface area (Å²) < 4.78 is 14.3. The monoisotopic (exact) mass is 406 g/mol. The number of urea groups is 1. The number of nitrogens with one attached hydrogen (secondary N) is 2. The predicted molar refractivity (Wildman–Crippen MR) is 104 cm³/mol. The Labute approximate surface area is 166 Å². The number of nitrogen functional groups attached to an aromatic ring is 1. The molecule has 8 nitrogen and oxygen atoms in total. The fourth-order valence-corrected chi connectivity index (χ4v) is 3.82. The third kappa shape index (κ3) is 5.00. The Kier molecular flexibility index (Phi) is 6.50. The van der Waals surface area contributed by atoms with Crippen molar-refractivity contribution in [2.24, 2.45) is 0 Å². The van der Waals surface area contributed by atoms with E-state index >= 15 is 0 Å². The molecule has 10 heteroatoms. The molecule has 1 fully saturated rings. The molecule has 3 rings (SSSR count). The first-order chi connectivity index (χ1) is 13.4. The molecular formula is C18H23FN6O2S. The first-order valence-electron chi connectivity index (χ1n) is 9.18. The molecule has 0 saturated heterocycles. The Morgan fingerprint density at radius 1 is 1.21 bits per heavy atom. The fraction of sp³-hybridized carbons (Fsp3) is 0.444. The molecular weight excluding hydrogens is 383 g/mol. The number of thioether (sulfide) groups is 1. The van der Waals surface area contributed by atoms with Crippen LogP contribution in [0.2, 0.25) is 0 Å². The zero-order chi connectivity index (χ0) is 20.1. The summed E-state index contributed by atoms with van der Waals surface area (Å²) in [6.07, 6.45) is 5.25. The summed E-state index contributed by atoms with van der Waals surface area (Å²) in [5.74, 6) is 5.56. The number of hydrogen-bond acceptors (Lipinski definition) is 6. The van der Waals surface area contributed by atoms with Gasteiger partial charge in [0.1, 0.15) is 5.82 Å². The van der Waals surface area contributed by atoms with Crippen LogP contribution in [0.15, 0.2) is 29.4 Å². The molecule has 0 bridgehead atoms. The molecule has 0 aliphatic heterocycles. The number of halogens is 1. The normalized spacial score (nSPS) is 15.8. The number of amides is 3. The standard InChI is InChI=1S/C18H23FN6O2S/c1-11(16(26)22-17(27)21-14-5-3-2-4-6-14)28-18-24-23-15(25(18)20)12-7-9-13(19)10-8-12/h7-11,14H,2-6,20H2,1H3,(H2,21,22,26,27). The highest BCUT2D eigenvalue weighted by atomic mass is 32.2. The van der Waals surface area contributed by atoms with Gasteiger partial charge in [0, 0.05) is 11.6 Å². The molecule has 1 heterocycles. The Morgan fingerprint density at radius 2 is 1.89 bits per heavy atom. The quantitative estimate of drug-likeness (QED) is 0.519. The van der Waals surface area contributed by atoms with Crippen LogP contribution in [0.5, 0.6) is 0 Å². The van der Waals surface area contributed by atoms with Crippen LogP contribution in [-0.2, 0) is 4.79 Å². The minimum absolute atomic E-state index is 0.120. The number of imide groups is 1. The van der Waals surface area contributed by atoms with Gasteiger partial charge in [-0.05, 0) is 44.0 Å². The number of carbonyl (C=O) groups is 2. The largest absolute Gasteiger partial charge is 0.335 e. The van der Waals surface area contributed by atoms with Crippen LogP contribution >= 0.6 is 11.8 Å². The van der Waals surface area contributed by atoms with E-state index in [9.17, 15) is 14.0 Å². The first kappa shape index (κ1) is 20.1. The number of aromatic nitrogens is 3. The summed E-state index contributed by atoms with van der Waals surface area (Å²) in [6, 6.07) is 5.34. The zero-order valence-electron chi connectivity index (χ0n) is 15.5. The predicted octanol–water partition coefficient (Wildman–Crippen LogP) is 2.44. The van der Waals surface area contributed by atoms with Crippen molar-refractivity contribution >= 4 is 23.7 Å². The highest BCUT2D eigenvalue weighted by Gasteiger charge is 2.23. The van der Waals surface area contributed by atoms with E-state index in [1.165, 1.54) is 23.2 Å². The van der Waals surface area contributed by atoms with Gasteiger partial charge in [-0.1, -0.05) is 31.0 Å². The molecule has 1 unspecified atom stereocenters. The second kappa shape index (κ2) is 9.05. The van der Waals surface area contributed by atoms with Crippen LogP contribution in [-0.4, -0.2) is 38.1 Å². The van der Waals surface area contributed by atoms with Gasteiger partial charge in [0.05, 0.1) is 5.25 Å². The fourth-order valence-electron chi connectivity index (χ4n) is 3.05. The number of benzene rings is 1. The van der Waals surface area contributed by atoms with Crippen molar-refractivity contribution < 1.29 is 14.0 Å². The van der Waals surface area contributed by atoms with Gasteiger partial charge < -0.3 is 11.2 Å². The summed E-state index contributed by atoms with van der Waals surface area (Å²) >= 11 is 1.08. The van der Waals surface area contributed by atoms with E-state index in [2.05, 4.69) is 20.8 Å². The number of carbonyl (C=O) groups excluding carboxylic acids is 2. The second-order valence-corrected chi connectivity index (χ2v) is 8.05. The van der Waals surface area contributed by atoms with E-state index < -0.39 is 17.2 Å². The first-order valence-corrected chi connectivity index (χ1v) is 10.1. The molecule has 2 aromatic rings. The van der Waals surface area contributed by atoms with E-state index in [4.69, 9.17) is 5.84 Å². The summed E-state index contributed by atoms with van der Waals surface area (Å²) in [7, 11) is 0. The van der Waals surface area contributed by atoms with Crippen molar-refractivity contribution in [3.05, 3.63) is 30.1 Å². The van der Waals surface area contributed by atoms with E-state index in [0.717, 1.165) is 37.4 Å². The molecule has 0 spiro atoms. The summed E-state index contributed by atoms with van der Waals surface area (Å²) in [4.78, 5) is 24.3. The van der Waals surface area contributed by atoms with Gasteiger partial charge in [-0.3, -0.25) is 10.1 Å². The van der Waals surface area contributed by atoms with Gasteiger partial charge in [-0.15, -0.1) is 10.2 Å². The second-order valence-electron chi connectivity index (χ2n) is 6.74. The molecule has 1 aliphatic rings. The average Bonchev–Trinajstić information content (AvgIpc) is 3.03. The van der Waals surface area contributed by atoms with Gasteiger partial charge in [-0.2, -0.15) is 0 Å². The third-order valence-electron chi connectivity index (χ3n) is 4.60. The maximum atomic E-state index is 13.1. The molecule has 1 atom stereocenters. The smallest absolute Gasteiger partial charge is 0.321 e. The van der Waals surface area contributed by atoms with Gasteiger partial charge in [0.2, 0.25) is 11.1 Å². The lowest BCUT2D eigenvalue weighted by atomic mass is 9.96. The average molecular weight is 406 g/mol. The molecule has 3 amide bonds. The molecule has 1 aromatic carbocycles. The van der Waals surface area contributed by atoms with Crippen molar-refractivity contribution in [1.82, 2.24) is 25.5 Å². The Bertz CT molecular complexity index is 835. The molecule has 1 aliphatic carbocycles. The molecule has 1 saturated carbocycles. The minimum atomic E-state index is -0.607. The maximum absolute atomic E-state index is 13.1. The SMILES string of the molecule is CC(Sc1nnc(-c2ccc(F)cc2)n1N)C(=O)NC(=O)NC1CCCCC1. The zero-order valence-corrected chi connectivity index (χ0v) is 16.3. The van der Waals surface area contributed by atoms with E-state index in [0.29, 0.717) is 16.5 Å². The van der Waals surface area contributed by atoms with Crippen molar-refractivity contribution in [2.75, 3.05) is 5.84 Å². The molecule has 4 N–H and O–H groups in total. The van der Waals surface area contributed by atoms with Gasteiger partial charge in [-0.25, -0.2) is 13.9 Å². The molecule has 0 radical (unpaired) electrons. The summed E-state index contributed by atoms with van der Waals surface area (Å²) in [5.41, 5.74) is 0.604. The third-order valence-corrected chi connectivity index (χ3v) is 5.65. The van der Waals surface area contributed by atoms with Crippen LogP contribution in [0.1, 0.15) is 39.0 Å². The van der Waals surface area contributed by atoms with Crippen LogP contribution in [0.3, 0.4) is 0 Å². The number of nitrogens with zero attached hydrogens (tertiary/aromatic N) is 3. The van der Waals surface area contributed by atoms with Crippen molar-refractivity contribution in [1.29, 1.82) is 0 Å². The Balaban J connectivity index is 1.56. The number of nitrogens with two attached hydrogens (primary N) is 1. The van der Waals surface area contributed by atoms with Gasteiger partial charge >= 0.3 is 6.03 Å². The molecule has 28 heavy (non-hydrogen) atoms. The van der Waals surface area contributed by atoms with Crippen molar-refractivity contribution in [3.8, 4) is 11.4 Å². The lowest BCUT2D eigenvalue weighted by molar-refractivity contribution is -0.119. The topological polar surface area (TPSA) is 115 Å². The van der Waals surface area contributed by atoms with Crippen LogP contribution in [0, 0.1) is 5.82 Å². The molecule has 1 aromatic heterocycles. The lowest BCUT2D eigenvalue weighted by Gasteiger charge is -2.22. The lowest BCUT2D eigenvalue weighted by Crippen LogP contribution is -2.47. The maximum Gasteiger partial charge on any atom is 0.321 e. The molecule has 150 valence electrons. The van der Waals surface area contributed by atoms with Crippen LogP contribution < -0.4 is 16.5 Å². The van der Waals surface area contributed by atoms with E-state index in [1.807, 2.05) is 0 Å². The summed E-state index contributed by atoms with van der Waals surface area (Å²) in [6.45, 7) is 1.65. The highest BCUT2D eigenvalue weighted by molar-refractivity contribution is 8.00. The number of rotatable bonds is 5. The number of hydrogen-bond donors (Lipinski definition) is 3. The minimum Gasteiger partial charge on any atom is -0.335 e. The van der Waals surface area contributed by atoms with Crippen LogP contribution in [0.4, 0.5) is 9.18 Å². The Morgan fingerprint density at radius 3 is 2.57 bits per heavy atom. The van der Waals surface area contributed by atoms with E-state index in [1.54, 1.807) is 19.1 Å². The highest BCUT2D eigenvalue weighted by Crippen LogP contribution is 2.25. The van der Waals surface area contributed by atoms with E-state index in [-0.39, 0.29) is 11.9 Å². The Hall–Kier alpha value is -2.62.